The molecular formula is C17H21N3O4. The van der Waals surface area contributed by atoms with Gasteiger partial charge in [0.1, 0.15) is 0 Å². The third-order valence-electron chi connectivity index (χ3n) is 3.57. The molecule has 1 heterocycles. The molecule has 7 heteroatoms. The van der Waals surface area contributed by atoms with Crippen LogP contribution in [0.1, 0.15) is 51.8 Å². The molecule has 0 aromatic heterocycles. The van der Waals surface area contributed by atoms with Crippen molar-refractivity contribution in [3.05, 3.63) is 34.9 Å². The predicted octanol–water partition coefficient (Wildman–Crippen LogP) is 0.804. The van der Waals surface area contributed by atoms with E-state index in [1.807, 2.05) is 13.8 Å². The standard InChI is InChI=1S/C17H21N3O4/c1-10(2)9-20-16(23)13-5-4-12(8-14(13)17(20)24)15(22)19-7-6-18-11(3)21/h4-5,8,10H,6-7,9H2,1-3H3,(H,18,21)(H,19,22). The fourth-order valence-corrected chi connectivity index (χ4v) is 2.48. The highest BCUT2D eigenvalue weighted by atomic mass is 16.2. The van der Waals surface area contributed by atoms with Gasteiger partial charge < -0.3 is 10.6 Å². The Bertz CT molecular complexity index is 697. The quantitative estimate of drug-likeness (QED) is 0.595. The molecule has 0 radical (unpaired) electrons. The Morgan fingerprint density at radius 2 is 1.67 bits per heavy atom. The van der Waals surface area contributed by atoms with Gasteiger partial charge in [-0.3, -0.25) is 24.1 Å². The molecule has 128 valence electrons. The molecule has 0 atom stereocenters. The molecule has 2 rings (SSSR count). The Kier molecular flexibility index (Phi) is 5.33. The highest BCUT2D eigenvalue weighted by Crippen LogP contribution is 2.24. The average molecular weight is 331 g/mol. The summed E-state index contributed by atoms with van der Waals surface area (Å²) >= 11 is 0. The van der Waals surface area contributed by atoms with Crippen molar-refractivity contribution in [2.24, 2.45) is 5.92 Å². The molecule has 0 aliphatic carbocycles. The molecule has 1 aliphatic heterocycles. The molecule has 1 aromatic rings. The second-order valence-corrected chi connectivity index (χ2v) is 6.11. The van der Waals surface area contributed by atoms with Gasteiger partial charge in [-0.25, -0.2) is 0 Å². The molecular weight excluding hydrogens is 310 g/mol. The maximum atomic E-state index is 12.4. The highest BCUT2D eigenvalue weighted by Gasteiger charge is 2.36. The number of hydrogen-bond donors (Lipinski definition) is 2. The number of nitrogens with one attached hydrogen (secondary N) is 2. The zero-order chi connectivity index (χ0) is 17.9. The first kappa shape index (κ1) is 17.7. The first-order valence-corrected chi connectivity index (χ1v) is 7.84. The number of benzene rings is 1. The fourth-order valence-electron chi connectivity index (χ4n) is 2.48. The van der Waals surface area contributed by atoms with Crippen molar-refractivity contribution >= 4 is 23.6 Å². The third-order valence-corrected chi connectivity index (χ3v) is 3.57. The van der Waals surface area contributed by atoms with Gasteiger partial charge in [-0.15, -0.1) is 0 Å². The Balaban J connectivity index is 2.08. The Labute approximate surface area is 140 Å². The number of imide groups is 1. The van der Waals surface area contributed by atoms with Crippen molar-refractivity contribution in [3.8, 4) is 0 Å². The Morgan fingerprint density at radius 3 is 2.29 bits per heavy atom. The number of amides is 4. The summed E-state index contributed by atoms with van der Waals surface area (Å²) < 4.78 is 0. The Morgan fingerprint density at radius 1 is 1.04 bits per heavy atom. The fraction of sp³-hybridized carbons (Fsp3) is 0.412. The predicted molar refractivity (Wildman–Crippen MR) is 87.7 cm³/mol. The van der Waals surface area contributed by atoms with Crippen molar-refractivity contribution < 1.29 is 19.2 Å². The number of carbonyl (C=O) groups is 4. The summed E-state index contributed by atoms with van der Waals surface area (Å²) in [6.45, 7) is 6.21. The zero-order valence-corrected chi connectivity index (χ0v) is 14.0. The lowest BCUT2D eigenvalue weighted by Gasteiger charge is -2.15. The molecule has 0 saturated heterocycles. The van der Waals surface area contributed by atoms with Gasteiger partial charge in [-0.1, -0.05) is 13.8 Å². The second kappa shape index (κ2) is 7.25. The van der Waals surface area contributed by atoms with Crippen LogP contribution in [-0.2, 0) is 4.79 Å². The van der Waals surface area contributed by atoms with Gasteiger partial charge in [0, 0.05) is 32.1 Å². The van der Waals surface area contributed by atoms with E-state index in [1.54, 1.807) is 0 Å². The van der Waals surface area contributed by atoms with Crippen LogP contribution in [0.5, 0.6) is 0 Å². The number of hydrogen-bond acceptors (Lipinski definition) is 4. The number of nitrogens with zero attached hydrogens (tertiary/aromatic N) is 1. The first-order valence-electron chi connectivity index (χ1n) is 7.84. The SMILES string of the molecule is CC(=O)NCCNC(=O)c1ccc2c(c1)C(=O)N(CC(C)C)C2=O. The summed E-state index contributed by atoms with van der Waals surface area (Å²) in [5.41, 5.74) is 0.898. The number of rotatable bonds is 6. The molecule has 24 heavy (non-hydrogen) atoms. The maximum absolute atomic E-state index is 12.4. The van der Waals surface area contributed by atoms with Gasteiger partial charge in [0.05, 0.1) is 11.1 Å². The molecule has 7 nitrogen and oxygen atoms in total. The van der Waals surface area contributed by atoms with E-state index in [0.29, 0.717) is 24.2 Å². The van der Waals surface area contributed by atoms with Crippen molar-refractivity contribution in [2.75, 3.05) is 19.6 Å². The number of carbonyl (C=O) groups excluding carboxylic acids is 4. The molecule has 0 bridgehead atoms. The molecule has 0 spiro atoms. The normalized spacial score (nSPS) is 13.2. The van der Waals surface area contributed by atoms with Crippen molar-refractivity contribution in [3.63, 3.8) is 0 Å². The van der Waals surface area contributed by atoms with E-state index in [9.17, 15) is 19.2 Å². The summed E-state index contributed by atoms with van der Waals surface area (Å²) in [4.78, 5) is 48.7. The minimum absolute atomic E-state index is 0.170. The summed E-state index contributed by atoms with van der Waals surface area (Å²) in [5, 5.41) is 5.22. The number of fused-ring (bicyclic) bond motifs is 1. The monoisotopic (exact) mass is 331 g/mol. The van der Waals surface area contributed by atoms with Crippen molar-refractivity contribution in [2.45, 2.75) is 20.8 Å². The van der Waals surface area contributed by atoms with E-state index in [4.69, 9.17) is 0 Å². The van der Waals surface area contributed by atoms with Crippen LogP contribution in [0.4, 0.5) is 0 Å². The van der Waals surface area contributed by atoms with Crippen LogP contribution in [0.15, 0.2) is 18.2 Å². The van der Waals surface area contributed by atoms with Gasteiger partial charge in [-0.05, 0) is 24.1 Å². The van der Waals surface area contributed by atoms with Crippen LogP contribution >= 0.6 is 0 Å². The molecule has 1 aliphatic rings. The van der Waals surface area contributed by atoms with E-state index in [0.717, 1.165) is 0 Å². The molecule has 2 N–H and O–H groups in total. The van der Waals surface area contributed by atoms with Crippen LogP contribution in [0, 0.1) is 5.92 Å². The summed E-state index contributed by atoms with van der Waals surface area (Å²) in [5.74, 6) is -1.04. The van der Waals surface area contributed by atoms with E-state index in [-0.39, 0.29) is 41.7 Å². The Hall–Kier alpha value is -2.70. The molecule has 4 amide bonds. The zero-order valence-electron chi connectivity index (χ0n) is 14.0. The van der Waals surface area contributed by atoms with Crippen molar-refractivity contribution in [1.29, 1.82) is 0 Å². The molecule has 0 unspecified atom stereocenters. The van der Waals surface area contributed by atoms with Crippen LogP contribution in [-0.4, -0.2) is 48.2 Å². The third kappa shape index (κ3) is 3.79. The summed E-state index contributed by atoms with van der Waals surface area (Å²) in [6, 6.07) is 4.48. The minimum atomic E-state index is -0.364. The topological polar surface area (TPSA) is 95.6 Å². The second-order valence-electron chi connectivity index (χ2n) is 6.11. The van der Waals surface area contributed by atoms with Gasteiger partial charge in [0.15, 0.2) is 0 Å². The maximum Gasteiger partial charge on any atom is 0.261 e. The highest BCUT2D eigenvalue weighted by molar-refractivity contribution is 6.22. The van der Waals surface area contributed by atoms with Crippen LogP contribution in [0.3, 0.4) is 0 Å². The molecule has 1 aromatic carbocycles. The summed E-state index contributed by atoms with van der Waals surface area (Å²) in [6.07, 6.45) is 0. The molecule has 0 saturated carbocycles. The minimum Gasteiger partial charge on any atom is -0.355 e. The van der Waals surface area contributed by atoms with E-state index in [2.05, 4.69) is 10.6 Å². The van der Waals surface area contributed by atoms with Crippen LogP contribution < -0.4 is 10.6 Å². The van der Waals surface area contributed by atoms with Crippen molar-refractivity contribution in [1.82, 2.24) is 15.5 Å². The summed E-state index contributed by atoms with van der Waals surface area (Å²) in [7, 11) is 0. The lowest BCUT2D eigenvalue weighted by Crippen LogP contribution is -2.33. The van der Waals surface area contributed by atoms with Crippen LogP contribution in [0.25, 0.3) is 0 Å². The smallest absolute Gasteiger partial charge is 0.261 e. The largest absolute Gasteiger partial charge is 0.355 e. The molecule has 0 fully saturated rings. The first-order chi connectivity index (χ1) is 11.3. The van der Waals surface area contributed by atoms with Gasteiger partial charge >= 0.3 is 0 Å². The van der Waals surface area contributed by atoms with E-state index < -0.39 is 0 Å². The lowest BCUT2D eigenvalue weighted by atomic mass is 10.1. The van der Waals surface area contributed by atoms with Gasteiger partial charge in [-0.2, -0.15) is 0 Å². The average Bonchev–Trinajstić information content (AvgIpc) is 2.75. The van der Waals surface area contributed by atoms with E-state index >= 15 is 0 Å². The lowest BCUT2D eigenvalue weighted by molar-refractivity contribution is -0.118. The van der Waals surface area contributed by atoms with Crippen LogP contribution in [0.2, 0.25) is 0 Å². The van der Waals surface area contributed by atoms with Gasteiger partial charge in [0.2, 0.25) is 5.91 Å². The van der Waals surface area contributed by atoms with Gasteiger partial charge in [0.25, 0.3) is 17.7 Å². The van der Waals surface area contributed by atoms with E-state index in [1.165, 1.54) is 30.0 Å².